The molecule has 2 heterocycles. The van der Waals surface area contributed by atoms with Gasteiger partial charge in [0.05, 0.1) is 0 Å². The Bertz CT molecular complexity index is 434. The van der Waals surface area contributed by atoms with Crippen LogP contribution < -0.4 is 4.90 Å². The summed E-state index contributed by atoms with van der Waals surface area (Å²) in [4.78, 5) is 12.8. The van der Waals surface area contributed by atoms with Gasteiger partial charge < -0.3 is 0 Å². The van der Waals surface area contributed by atoms with Crippen LogP contribution in [0.2, 0.25) is 0 Å². The molecule has 2 rings (SSSR count). The van der Waals surface area contributed by atoms with Crippen molar-refractivity contribution in [2.45, 2.75) is 12.6 Å². The van der Waals surface area contributed by atoms with Gasteiger partial charge in [-0.1, -0.05) is 11.3 Å². The first-order chi connectivity index (χ1) is 7.91. The third-order valence-electron chi connectivity index (χ3n) is 2.35. The van der Waals surface area contributed by atoms with Gasteiger partial charge in [-0.15, -0.1) is 10.2 Å². The van der Waals surface area contributed by atoms with E-state index in [0.29, 0.717) is 30.1 Å². The van der Waals surface area contributed by atoms with Gasteiger partial charge in [0, 0.05) is 13.0 Å². The van der Waals surface area contributed by atoms with Gasteiger partial charge in [-0.25, -0.2) is 0 Å². The van der Waals surface area contributed by atoms with Crippen LogP contribution in [-0.2, 0) is 11.0 Å². The van der Waals surface area contributed by atoms with E-state index in [4.69, 9.17) is 0 Å². The zero-order chi connectivity index (χ0) is 12.6. The summed E-state index contributed by atoms with van der Waals surface area (Å²) in [5.41, 5.74) is 0. The molecule has 0 aliphatic carbocycles. The molecule has 0 aromatic carbocycles. The summed E-state index contributed by atoms with van der Waals surface area (Å²) in [7, 11) is 0. The second-order valence-corrected chi connectivity index (χ2v) is 4.97. The Kier molecular flexibility index (Phi) is 3.30. The lowest BCUT2D eigenvalue weighted by Gasteiger charge is -2.10. The number of thiol groups is 1. The maximum Gasteiger partial charge on any atom is 0.445 e. The van der Waals surface area contributed by atoms with E-state index in [0.717, 1.165) is 0 Å². The number of alkyl halides is 3. The van der Waals surface area contributed by atoms with Crippen LogP contribution in [-0.4, -0.2) is 28.4 Å². The summed E-state index contributed by atoms with van der Waals surface area (Å²) >= 11 is 4.46. The van der Waals surface area contributed by atoms with Crippen molar-refractivity contribution in [3.63, 3.8) is 0 Å². The lowest BCUT2D eigenvalue weighted by atomic mass is 10.1. The molecule has 1 aliphatic rings. The van der Waals surface area contributed by atoms with Crippen molar-refractivity contribution < 1.29 is 18.0 Å². The van der Waals surface area contributed by atoms with Crippen molar-refractivity contribution in [2.24, 2.45) is 5.92 Å². The molecule has 0 saturated carbocycles. The van der Waals surface area contributed by atoms with E-state index in [1.165, 1.54) is 4.90 Å². The first-order valence-electron chi connectivity index (χ1n) is 4.73. The molecule has 4 nitrogen and oxygen atoms in total. The third kappa shape index (κ3) is 2.54. The van der Waals surface area contributed by atoms with Crippen LogP contribution in [0.25, 0.3) is 0 Å². The fraction of sp³-hybridized carbons (Fsp3) is 0.625. The van der Waals surface area contributed by atoms with Gasteiger partial charge in [0.2, 0.25) is 16.0 Å². The smallest absolute Gasteiger partial charge is 0.286 e. The maximum absolute atomic E-state index is 12.3. The minimum absolute atomic E-state index is 0.00612. The summed E-state index contributed by atoms with van der Waals surface area (Å²) in [6, 6.07) is 0. The molecule has 1 aromatic heterocycles. The van der Waals surface area contributed by atoms with Gasteiger partial charge in [0.15, 0.2) is 0 Å². The molecule has 1 unspecified atom stereocenters. The quantitative estimate of drug-likeness (QED) is 0.842. The van der Waals surface area contributed by atoms with E-state index in [1.807, 2.05) is 0 Å². The number of carbonyl (C=O) groups is 1. The van der Waals surface area contributed by atoms with Crippen molar-refractivity contribution in [1.29, 1.82) is 0 Å². The second kappa shape index (κ2) is 4.45. The molecule has 94 valence electrons. The standard InChI is InChI=1S/C8H8F3N3OS2/c9-8(10,11)6-12-13-7(17-6)14-2-4(3-16)1-5(14)15/h4,16H,1-3H2. The number of hydrogen-bond donors (Lipinski definition) is 1. The Morgan fingerprint density at radius 2 is 2.18 bits per heavy atom. The topological polar surface area (TPSA) is 46.1 Å². The fourth-order valence-electron chi connectivity index (χ4n) is 1.53. The van der Waals surface area contributed by atoms with Crippen molar-refractivity contribution in [3.8, 4) is 0 Å². The molecule has 1 aliphatic heterocycles. The first-order valence-corrected chi connectivity index (χ1v) is 6.18. The average Bonchev–Trinajstić information content (AvgIpc) is 2.82. The number of halogens is 3. The monoisotopic (exact) mass is 283 g/mol. The maximum atomic E-state index is 12.3. The largest absolute Gasteiger partial charge is 0.445 e. The van der Waals surface area contributed by atoms with Gasteiger partial charge in [-0.05, 0) is 11.7 Å². The van der Waals surface area contributed by atoms with E-state index in [2.05, 4.69) is 22.8 Å². The van der Waals surface area contributed by atoms with Gasteiger partial charge in [-0.2, -0.15) is 25.8 Å². The van der Waals surface area contributed by atoms with Crippen LogP contribution in [0.4, 0.5) is 18.3 Å². The highest BCUT2D eigenvalue weighted by Crippen LogP contribution is 2.36. The van der Waals surface area contributed by atoms with Crippen LogP contribution >= 0.6 is 24.0 Å². The summed E-state index contributed by atoms with van der Waals surface area (Å²) < 4.78 is 37.0. The molecule has 1 amide bonds. The summed E-state index contributed by atoms with van der Waals surface area (Å²) in [6.07, 6.45) is -4.22. The van der Waals surface area contributed by atoms with Gasteiger partial charge in [0.1, 0.15) is 0 Å². The Morgan fingerprint density at radius 1 is 1.47 bits per heavy atom. The second-order valence-electron chi connectivity index (χ2n) is 3.64. The van der Waals surface area contributed by atoms with Gasteiger partial charge >= 0.3 is 6.18 Å². The van der Waals surface area contributed by atoms with E-state index >= 15 is 0 Å². The summed E-state index contributed by atoms with van der Waals surface area (Å²) in [6.45, 7) is 0.356. The predicted octanol–water partition coefficient (Wildman–Crippen LogP) is 1.84. The van der Waals surface area contributed by atoms with E-state index in [-0.39, 0.29) is 17.0 Å². The molecule has 9 heteroatoms. The molecule has 0 N–H and O–H groups in total. The molecule has 0 radical (unpaired) electrons. The van der Waals surface area contributed by atoms with E-state index in [1.54, 1.807) is 0 Å². The molecule has 0 spiro atoms. The average molecular weight is 283 g/mol. The number of nitrogens with zero attached hydrogens (tertiary/aromatic N) is 3. The minimum atomic E-state index is -4.51. The zero-order valence-electron chi connectivity index (χ0n) is 8.44. The number of hydrogen-bond acceptors (Lipinski definition) is 5. The Morgan fingerprint density at radius 3 is 2.65 bits per heavy atom. The molecular formula is C8H8F3N3OS2. The molecular weight excluding hydrogens is 275 g/mol. The molecule has 1 atom stereocenters. The lowest BCUT2D eigenvalue weighted by molar-refractivity contribution is -0.138. The predicted molar refractivity (Wildman–Crippen MR) is 59.2 cm³/mol. The molecule has 17 heavy (non-hydrogen) atoms. The number of amides is 1. The normalized spacial score (nSPS) is 21.3. The summed E-state index contributed by atoms with van der Waals surface area (Å²) in [5, 5.41) is 5.43. The highest BCUT2D eigenvalue weighted by Gasteiger charge is 2.38. The summed E-state index contributed by atoms with van der Waals surface area (Å²) in [5.74, 6) is 0.352. The number of carbonyl (C=O) groups excluding carboxylic acids is 1. The Balaban J connectivity index is 2.19. The number of aromatic nitrogens is 2. The van der Waals surface area contributed by atoms with E-state index < -0.39 is 11.2 Å². The Labute approximate surface area is 104 Å². The van der Waals surface area contributed by atoms with Crippen molar-refractivity contribution in [1.82, 2.24) is 10.2 Å². The Hall–Kier alpha value is -0.830. The first kappa shape index (κ1) is 12.6. The number of rotatable bonds is 2. The zero-order valence-corrected chi connectivity index (χ0v) is 10.1. The third-order valence-corrected chi connectivity index (χ3v) is 3.86. The molecule has 1 aromatic rings. The van der Waals surface area contributed by atoms with Crippen LogP contribution in [0.3, 0.4) is 0 Å². The highest BCUT2D eigenvalue weighted by atomic mass is 32.1. The SMILES string of the molecule is O=C1CC(CS)CN1c1nnc(C(F)(F)F)s1. The number of anilines is 1. The van der Waals surface area contributed by atoms with Gasteiger partial charge in [-0.3, -0.25) is 9.69 Å². The van der Waals surface area contributed by atoms with E-state index in [9.17, 15) is 18.0 Å². The molecule has 0 bridgehead atoms. The lowest BCUT2D eigenvalue weighted by Crippen LogP contribution is -2.24. The van der Waals surface area contributed by atoms with Crippen LogP contribution in [0.5, 0.6) is 0 Å². The van der Waals surface area contributed by atoms with Crippen molar-refractivity contribution in [2.75, 3.05) is 17.2 Å². The molecule has 1 saturated heterocycles. The van der Waals surface area contributed by atoms with Crippen LogP contribution in [0.15, 0.2) is 0 Å². The van der Waals surface area contributed by atoms with Crippen LogP contribution in [0.1, 0.15) is 11.4 Å². The van der Waals surface area contributed by atoms with Crippen molar-refractivity contribution >= 4 is 35.0 Å². The fourth-order valence-corrected chi connectivity index (χ4v) is 2.51. The highest BCUT2D eigenvalue weighted by molar-refractivity contribution is 7.80. The van der Waals surface area contributed by atoms with Crippen LogP contribution in [0, 0.1) is 5.92 Å². The molecule has 1 fully saturated rings. The van der Waals surface area contributed by atoms with Crippen molar-refractivity contribution in [3.05, 3.63) is 5.01 Å². The van der Waals surface area contributed by atoms with Gasteiger partial charge in [0.25, 0.3) is 0 Å². The minimum Gasteiger partial charge on any atom is -0.286 e.